The lowest BCUT2D eigenvalue weighted by atomic mass is 10.0. The number of aliphatic hydroxyl groups is 1. The van der Waals surface area contributed by atoms with E-state index in [-0.39, 0.29) is 0 Å². The summed E-state index contributed by atoms with van der Waals surface area (Å²) >= 11 is 1.68. The molecule has 98 valence electrons. The van der Waals surface area contributed by atoms with Crippen molar-refractivity contribution in [2.45, 2.75) is 31.4 Å². The van der Waals surface area contributed by atoms with Crippen LogP contribution in [-0.4, -0.2) is 59.8 Å². The van der Waals surface area contributed by atoms with Gasteiger partial charge in [-0.1, -0.05) is 5.92 Å². The van der Waals surface area contributed by atoms with E-state index in [1.54, 1.807) is 11.8 Å². The Morgan fingerprint density at radius 2 is 2.18 bits per heavy atom. The molecule has 0 aromatic rings. The molecule has 1 atom stereocenters. The zero-order chi connectivity index (χ0) is 12.7. The highest BCUT2D eigenvalue weighted by atomic mass is 32.2. The van der Waals surface area contributed by atoms with Crippen LogP contribution >= 0.6 is 11.8 Å². The van der Waals surface area contributed by atoms with E-state index in [2.05, 4.69) is 16.1 Å². The Morgan fingerprint density at radius 3 is 2.71 bits per heavy atom. The zero-order valence-electron chi connectivity index (χ0n) is 10.9. The van der Waals surface area contributed by atoms with Crippen molar-refractivity contribution in [3.05, 3.63) is 0 Å². The first-order valence-electron chi connectivity index (χ1n) is 6.18. The summed E-state index contributed by atoms with van der Waals surface area (Å²) in [6, 6.07) is 0.525. The van der Waals surface area contributed by atoms with Gasteiger partial charge in [0.2, 0.25) is 0 Å². The highest BCUT2D eigenvalue weighted by molar-refractivity contribution is 7.98. The van der Waals surface area contributed by atoms with Crippen LogP contribution in [0, 0.1) is 12.3 Å². The van der Waals surface area contributed by atoms with Gasteiger partial charge in [0.1, 0.15) is 0 Å². The molecule has 1 heterocycles. The Morgan fingerprint density at radius 1 is 1.53 bits per heavy atom. The third-order valence-corrected chi connectivity index (χ3v) is 4.04. The second kappa shape index (κ2) is 7.27. The van der Waals surface area contributed by atoms with Crippen molar-refractivity contribution < 1.29 is 5.11 Å². The van der Waals surface area contributed by atoms with E-state index in [4.69, 9.17) is 6.42 Å². The first-order valence-corrected chi connectivity index (χ1v) is 7.57. The van der Waals surface area contributed by atoms with E-state index in [9.17, 15) is 5.11 Å². The van der Waals surface area contributed by atoms with Gasteiger partial charge < -0.3 is 10.4 Å². The monoisotopic (exact) mass is 256 g/mol. The number of rotatable bonds is 6. The topological polar surface area (TPSA) is 35.5 Å². The molecule has 0 aromatic heterocycles. The Kier molecular flexibility index (Phi) is 6.35. The largest absolute Gasteiger partial charge is 0.388 e. The van der Waals surface area contributed by atoms with Crippen molar-refractivity contribution in [2.24, 2.45) is 0 Å². The van der Waals surface area contributed by atoms with Gasteiger partial charge in [-0.2, -0.15) is 11.8 Å². The molecule has 0 bridgehead atoms. The summed E-state index contributed by atoms with van der Waals surface area (Å²) in [6.07, 6.45) is 9.57. The normalized spacial score (nSPS) is 22.0. The molecule has 0 saturated carbocycles. The van der Waals surface area contributed by atoms with Crippen LogP contribution in [0.5, 0.6) is 0 Å². The Hall–Kier alpha value is -0.210. The molecule has 0 amide bonds. The molecule has 1 aliphatic heterocycles. The molecule has 17 heavy (non-hydrogen) atoms. The minimum absolute atomic E-state index is 0.525. The van der Waals surface area contributed by atoms with Crippen molar-refractivity contribution in [2.75, 3.05) is 38.2 Å². The number of hydrogen-bond acceptors (Lipinski definition) is 4. The fourth-order valence-electron chi connectivity index (χ4n) is 2.15. The van der Waals surface area contributed by atoms with Gasteiger partial charge in [0, 0.05) is 31.4 Å². The number of hydrogen-bond donors (Lipinski definition) is 2. The van der Waals surface area contributed by atoms with Gasteiger partial charge in [0.15, 0.2) is 0 Å². The van der Waals surface area contributed by atoms with Crippen LogP contribution < -0.4 is 5.32 Å². The molecule has 2 N–H and O–H groups in total. The average molecular weight is 256 g/mol. The molecule has 0 spiro atoms. The predicted octanol–water partition coefficient (Wildman–Crippen LogP) is 0.788. The van der Waals surface area contributed by atoms with Crippen LogP contribution in [0.1, 0.15) is 19.8 Å². The SMILES string of the molecule is C#CCN1CCC(NCC(C)(O)CSC)CC1. The highest BCUT2D eigenvalue weighted by Crippen LogP contribution is 2.13. The minimum Gasteiger partial charge on any atom is -0.388 e. The van der Waals surface area contributed by atoms with Gasteiger partial charge >= 0.3 is 0 Å². The van der Waals surface area contributed by atoms with Crippen molar-refractivity contribution in [3.8, 4) is 12.3 Å². The summed E-state index contributed by atoms with van der Waals surface area (Å²) in [5.74, 6) is 3.46. The number of terminal acetylenes is 1. The minimum atomic E-state index is -0.602. The summed E-state index contributed by atoms with van der Waals surface area (Å²) in [5, 5.41) is 13.5. The standard InChI is InChI=1S/C13H24N2OS/c1-4-7-15-8-5-12(6-9-15)14-10-13(2,16)11-17-3/h1,12,14,16H,5-11H2,2-3H3. The fraction of sp³-hybridized carbons (Fsp3) is 0.846. The third kappa shape index (κ3) is 5.78. The molecule has 1 rings (SSSR count). The zero-order valence-corrected chi connectivity index (χ0v) is 11.7. The van der Waals surface area contributed by atoms with Crippen molar-refractivity contribution in [1.82, 2.24) is 10.2 Å². The molecule has 1 saturated heterocycles. The highest BCUT2D eigenvalue weighted by Gasteiger charge is 2.23. The molecular weight excluding hydrogens is 232 g/mol. The van der Waals surface area contributed by atoms with Gasteiger partial charge in [-0.3, -0.25) is 4.90 Å². The van der Waals surface area contributed by atoms with Crippen LogP contribution in [0.4, 0.5) is 0 Å². The molecule has 0 aliphatic carbocycles. The van der Waals surface area contributed by atoms with Crippen LogP contribution in [-0.2, 0) is 0 Å². The van der Waals surface area contributed by atoms with Gasteiger partial charge in [0.05, 0.1) is 12.1 Å². The van der Waals surface area contributed by atoms with E-state index in [1.165, 1.54) is 0 Å². The average Bonchev–Trinajstić information content (AvgIpc) is 2.29. The maximum Gasteiger partial charge on any atom is 0.0833 e. The maximum atomic E-state index is 10.1. The lowest BCUT2D eigenvalue weighted by Crippen LogP contribution is -2.48. The number of piperidine rings is 1. The summed E-state index contributed by atoms with van der Waals surface area (Å²) in [4.78, 5) is 2.30. The van der Waals surface area contributed by atoms with Crippen LogP contribution in [0.3, 0.4) is 0 Å². The molecule has 4 heteroatoms. The molecule has 1 aliphatic rings. The third-order valence-electron chi connectivity index (χ3n) is 3.13. The van der Waals surface area contributed by atoms with Crippen molar-refractivity contribution in [1.29, 1.82) is 0 Å². The Bertz CT molecular complexity index is 255. The number of nitrogens with zero attached hydrogens (tertiary/aromatic N) is 1. The van der Waals surface area contributed by atoms with Gasteiger partial charge in [-0.25, -0.2) is 0 Å². The van der Waals surface area contributed by atoms with E-state index in [1.807, 2.05) is 13.2 Å². The first kappa shape index (κ1) is 14.8. The van der Waals surface area contributed by atoms with Gasteiger partial charge in [-0.05, 0) is 26.0 Å². The van der Waals surface area contributed by atoms with E-state index in [0.29, 0.717) is 12.6 Å². The van der Waals surface area contributed by atoms with Crippen molar-refractivity contribution >= 4 is 11.8 Å². The lowest BCUT2D eigenvalue weighted by Gasteiger charge is -2.33. The molecule has 1 unspecified atom stereocenters. The quantitative estimate of drug-likeness (QED) is 0.689. The summed E-state index contributed by atoms with van der Waals surface area (Å²) in [6.45, 7) is 5.45. The van der Waals surface area contributed by atoms with E-state index < -0.39 is 5.60 Å². The fourth-order valence-corrected chi connectivity index (χ4v) is 2.87. The molecule has 3 nitrogen and oxygen atoms in total. The lowest BCUT2D eigenvalue weighted by molar-refractivity contribution is 0.0770. The van der Waals surface area contributed by atoms with Gasteiger partial charge in [0.25, 0.3) is 0 Å². The van der Waals surface area contributed by atoms with Crippen LogP contribution in [0.15, 0.2) is 0 Å². The Balaban J connectivity index is 2.20. The molecule has 0 aromatic carbocycles. The molecule has 1 fully saturated rings. The second-order valence-corrected chi connectivity index (χ2v) is 5.93. The smallest absolute Gasteiger partial charge is 0.0833 e. The maximum absolute atomic E-state index is 10.1. The molecular formula is C13H24N2OS. The number of thioether (sulfide) groups is 1. The molecule has 0 radical (unpaired) electrons. The van der Waals surface area contributed by atoms with Gasteiger partial charge in [-0.15, -0.1) is 6.42 Å². The number of nitrogens with one attached hydrogen (secondary N) is 1. The first-order chi connectivity index (χ1) is 8.07. The summed E-state index contributed by atoms with van der Waals surface area (Å²) < 4.78 is 0. The summed E-state index contributed by atoms with van der Waals surface area (Å²) in [7, 11) is 0. The van der Waals surface area contributed by atoms with Crippen LogP contribution in [0.2, 0.25) is 0 Å². The predicted molar refractivity (Wildman–Crippen MR) is 75.3 cm³/mol. The summed E-state index contributed by atoms with van der Waals surface area (Å²) in [5.41, 5.74) is -0.602. The van der Waals surface area contributed by atoms with E-state index in [0.717, 1.165) is 38.2 Å². The Labute approximate surface area is 109 Å². The van der Waals surface area contributed by atoms with Crippen LogP contribution in [0.25, 0.3) is 0 Å². The van der Waals surface area contributed by atoms with Crippen molar-refractivity contribution in [3.63, 3.8) is 0 Å². The second-order valence-electron chi connectivity index (χ2n) is 5.07. The van der Waals surface area contributed by atoms with E-state index >= 15 is 0 Å². The number of likely N-dealkylation sites (tertiary alicyclic amines) is 1.